The number of hydrogen-bond donors (Lipinski definition) is 1. The van der Waals surface area contributed by atoms with Crippen molar-refractivity contribution in [2.24, 2.45) is 5.14 Å². The van der Waals surface area contributed by atoms with Gasteiger partial charge in [-0.15, -0.1) is 10.2 Å². The molecule has 2 N–H and O–H groups in total. The summed E-state index contributed by atoms with van der Waals surface area (Å²) in [5, 5.41) is 11.0. The van der Waals surface area contributed by atoms with E-state index >= 15 is 0 Å². The molecule has 0 bridgehead atoms. The third-order valence-corrected chi connectivity index (χ3v) is 3.64. The van der Waals surface area contributed by atoms with Crippen LogP contribution in [-0.4, -0.2) is 23.2 Å². The molecule has 2 rings (SSSR count). The van der Waals surface area contributed by atoms with E-state index in [9.17, 15) is 17.2 Å². The van der Waals surface area contributed by atoms with Crippen LogP contribution in [0.15, 0.2) is 17.3 Å². The molecule has 0 aliphatic heterocycles. The lowest BCUT2D eigenvalue weighted by molar-refractivity contribution is 0.569. The van der Waals surface area contributed by atoms with Crippen LogP contribution in [0.5, 0.6) is 0 Å². The molecule has 1 aromatic heterocycles. The van der Waals surface area contributed by atoms with E-state index < -0.39 is 26.8 Å². The summed E-state index contributed by atoms with van der Waals surface area (Å²) >= 11 is 5.45. The Morgan fingerprint density at radius 3 is 2.50 bits per heavy atom. The van der Waals surface area contributed by atoms with Crippen LogP contribution in [0, 0.1) is 11.6 Å². The molecule has 0 saturated heterocycles. The predicted octanol–water partition coefficient (Wildman–Crippen LogP) is 1.54. The maximum Gasteiger partial charge on any atom is 0.273 e. The molecule has 0 unspecified atom stereocenters. The van der Waals surface area contributed by atoms with Gasteiger partial charge in [0.1, 0.15) is 11.6 Å². The number of benzene rings is 1. The van der Waals surface area contributed by atoms with Gasteiger partial charge in [-0.05, 0) is 19.1 Å². The number of aromatic nitrogens is 3. The van der Waals surface area contributed by atoms with E-state index in [1.807, 2.05) is 0 Å². The molecule has 0 spiro atoms. The zero-order chi connectivity index (χ0) is 15.1. The second kappa shape index (κ2) is 5.08. The molecule has 0 amide bonds. The largest absolute Gasteiger partial charge is 0.297 e. The molecule has 0 radical (unpaired) electrons. The van der Waals surface area contributed by atoms with Crippen molar-refractivity contribution in [1.29, 1.82) is 0 Å². The van der Waals surface area contributed by atoms with Gasteiger partial charge in [0.05, 0.1) is 10.6 Å². The lowest BCUT2D eigenvalue weighted by atomic mass is 10.2. The van der Waals surface area contributed by atoms with Crippen molar-refractivity contribution >= 4 is 21.6 Å². The van der Waals surface area contributed by atoms with Gasteiger partial charge >= 0.3 is 0 Å². The number of nitrogens with two attached hydrogens (primary N) is 1. The SMILES string of the molecule is CCn1c(-c2cc(F)c(Cl)cc2F)nnc1S(N)(=O)=O. The van der Waals surface area contributed by atoms with Gasteiger partial charge < -0.3 is 0 Å². The Kier molecular flexibility index (Phi) is 3.76. The van der Waals surface area contributed by atoms with Crippen LogP contribution in [-0.2, 0) is 16.6 Å². The Balaban J connectivity index is 2.72. The Morgan fingerprint density at radius 1 is 1.30 bits per heavy atom. The van der Waals surface area contributed by atoms with Crippen molar-refractivity contribution in [3.63, 3.8) is 0 Å². The average Bonchev–Trinajstić information content (AvgIpc) is 2.77. The number of primary sulfonamides is 1. The van der Waals surface area contributed by atoms with Gasteiger partial charge in [-0.1, -0.05) is 11.6 Å². The van der Waals surface area contributed by atoms with Gasteiger partial charge in [-0.2, -0.15) is 0 Å². The molecular weight excluding hydrogens is 314 g/mol. The molecule has 20 heavy (non-hydrogen) atoms. The lowest BCUT2D eigenvalue weighted by Crippen LogP contribution is -2.18. The molecular formula is C10H9ClF2N4O2S. The average molecular weight is 323 g/mol. The van der Waals surface area contributed by atoms with Crippen molar-refractivity contribution in [1.82, 2.24) is 14.8 Å². The summed E-state index contributed by atoms with van der Waals surface area (Å²) in [6.07, 6.45) is 0. The summed E-state index contributed by atoms with van der Waals surface area (Å²) in [6, 6.07) is 1.60. The fourth-order valence-corrected chi connectivity index (χ4v) is 2.51. The lowest BCUT2D eigenvalue weighted by Gasteiger charge is -2.07. The Labute approximate surface area is 118 Å². The minimum atomic E-state index is -4.12. The van der Waals surface area contributed by atoms with Crippen molar-refractivity contribution in [3.05, 3.63) is 28.8 Å². The number of sulfonamides is 1. The highest BCUT2D eigenvalue weighted by atomic mass is 35.5. The fraction of sp³-hybridized carbons (Fsp3) is 0.200. The van der Waals surface area contributed by atoms with E-state index in [-0.39, 0.29) is 23.0 Å². The van der Waals surface area contributed by atoms with Crippen molar-refractivity contribution in [2.75, 3.05) is 0 Å². The number of halogens is 3. The van der Waals surface area contributed by atoms with Crippen LogP contribution in [0.25, 0.3) is 11.4 Å². The molecule has 0 aliphatic rings. The highest BCUT2D eigenvalue weighted by Gasteiger charge is 2.23. The van der Waals surface area contributed by atoms with Gasteiger partial charge in [-0.25, -0.2) is 22.3 Å². The van der Waals surface area contributed by atoms with Crippen LogP contribution in [0.2, 0.25) is 5.02 Å². The topological polar surface area (TPSA) is 90.9 Å². The minimum absolute atomic E-state index is 0.109. The van der Waals surface area contributed by atoms with Crippen molar-refractivity contribution < 1.29 is 17.2 Å². The first-order valence-corrected chi connectivity index (χ1v) is 7.29. The predicted molar refractivity (Wildman–Crippen MR) is 67.4 cm³/mol. The number of nitrogens with zero attached hydrogens (tertiary/aromatic N) is 3. The van der Waals surface area contributed by atoms with Gasteiger partial charge in [0.15, 0.2) is 5.82 Å². The van der Waals surface area contributed by atoms with E-state index in [1.54, 1.807) is 6.92 Å². The molecule has 2 aromatic rings. The third kappa shape index (κ3) is 2.51. The van der Waals surface area contributed by atoms with Crippen LogP contribution in [0.1, 0.15) is 6.92 Å². The molecule has 0 saturated carbocycles. The molecule has 1 aromatic carbocycles. The highest BCUT2D eigenvalue weighted by molar-refractivity contribution is 7.89. The molecule has 6 nitrogen and oxygen atoms in total. The van der Waals surface area contributed by atoms with E-state index in [0.29, 0.717) is 0 Å². The zero-order valence-electron chi connectivity index (χ0n) is 10.1. The second-order valence-corrected chi connectivity index (χ2v) is 5.70. The first-order chi connectivity index (χ1) is 9.25. The van der Waals surface area contributed by atoms with Crippen LogP contribution in [0.3, 0.4) is 0 Å². The summed E-state index contributed by atoms with van der Waals surface area (Å²) in [4.78, 5) is 0. The van der Waals surface area contributed by atoms with E-state index in [1.165, 1.54) is 0 Å². The van der Waals surface area contributed by atoms with Crippen molar-refractivity contribution in [3.8, 4) is 11.4 Å². The van der Waals surface area contributed by atoms with E-state index in [4.69, 9.17) is 16.7 Å². The zero-order valence-corrected chi connectivity index (χ0v) is 11.7. The molecule has 1 heterocycles. The molecule has 108 valence electrons. The molecule has 10 heteroatoms. The van der Waals surface area contributed by atoms with Crippen LogP contribution >= 0.6 is 11.6 Å². The minimum Gasteiger partial charge on any atom is -0.297 e. The van der Waals surface area contributed by atoms with Gasteiger partial charge in [0.25, 0.3) is 15.2 Å². The number of hydrogen-bond acceptors (Lipinski definition) is 4. The monoisotopic (exact) mass is 322 g/mol. The summed E-state index contributed by atoms with van der Waals surface area (Å²) in [5.41, 5.74) is -0.254. The maximum absolute atomic E-state index is 13.8. The van der Waals surface area contributed by atoms with E-state index in [0.717, 1.165) is 16.7 Å². The second-order valence-electron chi connectivity index (χ2n) is 3.84. The quantitative estimate of drug-likeness (QED) is 0.868. The fourth-order valence-electron chi connectivity index (χ4n) is 1.68. The standard InChI is InChI=1S/C10H9ClF2N4O2S/c1-2-17-9(15-16-10(17)20(14,18)19)5-3-8(13)6(11)4-7(5)12/h3-4H,2H2,1H3,(H2,14,18,19). The van der Waals surface area contributed by atoms with Crippen LogP contribution < -0.4 is 5.14 Å². The Hall–Kier alpha value is -1.58. The molecule has 0 atom stereocenters. The first kappa shape index (κ1) is 14.8. The third-order valence-electron chi connectivity index (χ3n) is 2.54. The van der Waals surface area contributed by atoms with Gasteiger partial charge in [-0.3, -0.25) is 4.57 Å². The number of rotatable bonds is 3. The van der Waals surface area contributed by atoms with Gasteiger partial charge in [0.2, 0.25) is 0 Å². The van der Waals surface area contributed by atoms with E-state index in [2.05, 4.69) is 10.2 Å². The van der Waals surface area contributed by atoms with Gasteiger partial charge in [0, 0.05) is 6.54 Å². The Bertz CT molecular complexity index is 776. The Morgan fingerprint density at radius 2 is 1.95 bits per heavy atom. The first-order valence-electron chi connectivity index (χ1n) is 5.36. The van der Waals surface area contributed by atoms with Crippen LogP contribution in [0.4, 0.5) is 8.78 Å². The summed E-state index contributed by atoms with van der Waals surface area (Å²) < 4.78 is 51.0. The highest BCUT2D eigenvalue weighted by Crippen LogP contribution is 2.27. The molecule has 0 aliphatic carbocycles. The summed E-state index contributed by atoms with van der Waals surface area (Å²) in [5.74, 6) is -1.85. The maximum atomic E-state index is 13.8. The smallest absolute Gasteiger partial charge is 0.273 e. The van der Waals surface area contributed by atoms with Crippen molar-refractivity contribution in [2.45, 2.75) is 18.6 Å². The summed E-state index contributed by atoms with van der Waals surface area (Å²) in [6.45, 7) is 1.70. The molecule has 0 fully saturated rings. The normalized spacial score (nSPS) is 11.8. The summed E-state index contributed by atoms with van der Waals surface area (Å²) in [7, 11) is -4.12.